The van der Waals surface area contributed by atoms with E-state index in [0.717, 1.165) is 36.5 Å². The summed E-state index contributed by atoms with van der Waals surface area (Å²) >= 11 is 0. The van der Waals surface area contributed by atoms with Crippen LogP contribution < -0.4 is 0 Å². The zero-order chi connectivity index (χ0) is 16.4. The molecule has 0 aliphatic heterocycles. The maximum atomic E-state index is 10.9. The third kappa shape index (κ3) is 2.27. The summed E-state index contributed by atoms with van der Waals surface area (Å²) in [7, 11) is 0. The second-order valence-corrected chi connectivity index (χ2v) is 10.1. The van der Waals surface area contributed by atoms with Gasteiger partial charge in [0.1, 0.15) is 0 Å². The van der Waals surface area contributed by atoms with E-state index in [1.54, 1.807) is 0 Å². The van der Waals surface area contributed by atoms with Gasteiger partial charge in [-0.3, -0.25) is 0 Å². The van der Waals surface area contributed by atoms with Crippen LogP contribution in [0.3, 0.4) is 0 Å². The highest BCUT2D eigenvalue weighted by Crippen LogP contribution is 2.65. The van der Waals surface area contributed by atoms with Gasteiger partial charge in [0.2, 0.25) is 0 Å². The minimum atomic E-state index is -0.0964. The zero-order valence-electron chi connectivity index (χ0n) is 15.3. The fourth-order valence-electron chi connectivity index (χ4n) is 7.74. The third-order valence-corrected chi connectivity index (χ3v) is 9.22. The Labute approximate surface area is 142 Å². The molecule has 0 aromatic carbocycles. The first-order chi connectivity index (χ1) is 10.9. The molecule has 2 nitrogen and oxygen atoms in total. The van der Waals surface area contributed by atoms with Crippen molar-refractivity contribution in [1.29, 1.82) is 0 Å². The van der Waals surface area contributed by atoms with Crippen molar-refractivity contribution in [3.8, 4) is 0 Å². The van der Waals surface area contributed by atoms with Crippen molar-refractivity contribution >= 4 is 0 Å². The SMILES string of the molecule is CC1CCC2C3CCC4CC(O)CCC4(C)C3CCC2(C)C1O. The molecule has 0 radical (unpaired) electrons. The predicted molar refractivity (Wildman–Crippen MR) is 92.9 cm³/mol. The predicted octanol–water partition coefficient (Wildman–Crippen LogP) is 4.39. The van der Waals surface area contributed by atoms with Gasteiger partial charge in [-0.15, -0.1) is 0 Å². The third-order valence-electron chi connectivity index (χ3n) is 9.22. The highest BCUT2D eigenvalue weighted by atomic mass is 16.3. The van der Waals surface area contributed by atoms with E-state index in [0.29, 0.717) is 11.3 Å². The fraction of sp³-hybridized carbons (Fsp3) is 1.00. The summed E-state index contributed by atoms with van der Waals surface area (Å²) in [4.78, 5) is 0. The molecule has 0 aromatic rings. The molecule has 2 N–H and O–H groups in total. The minimum absolute atomic E-state index is 0.0455. The molecule has 9 atom stereocenters. The minimum Gasteiger partial charge on any atom is -0.393 e. The van der Waals surface area contributed by atoms with Crippen molar-refractivity contribution in [1.82, 2.24) is 0 Å². The van der Waals surface area contributed by atoms with E-state index in [1.807, 2.05) is 0 Å². The number of aliphatic hydroxyl groups is 2. The summed E-state index contributed by atoms with van der Waals surface area (Å²) in [5.74, 6) is 3.62. The first kappa shape index (κ1) is 16.4. The van der Waals surface area contributed by atoms with Crippen LogP contribution in [0.5, 0.6) is 0 Å². The number of fused-ring (bicyclic) bond motifs is 5. The maximum Gasteiger partial charge on any atom is 0.0622 e. The van der Waals surface area contributed by atoms with Gasteiger partial charge in [-0.1, -0.05) is 20.8 Å². The van der Waals surface area contributed by atoms with Crippen LogP contribution in [0.1, 0.15) is 78.6 Å². The Morgan fingerprint density at radius 3 is 2.26 bits per heavy atom. The Morgan fingerprint density at radius 1 is 0.783 bits per heavy atom. The molecule has 2 heteroatoms. The average Bonchev–Trinajstić information content (AvgIpc) is 2.52. The van der Waals surface area contributed by atoms with Gasteiger partial charge in [0.15, 0.2) is 0 Å². The zero-order valence-corrected chi connectivity index (χ0v) is 15.3. The number of hydrogen-bond acceptors (Lipinski definition) is 2. The van der Waals surface area contributed by atoms with Crippen molar-refractivity contribution in [2.45, 2.75) is 90.8 Å². The summed E-state index contributed by atoms with van der Waals surface area (Å²) in [6, 6.07) is 0. The van der Waals surface area contributed by atoms with Crippen molar-refractivity contribution in [2.24, 2.45) is 40.4 Å². The normalized spacial score (nSPS) is 59.6. The van der Waals surface area contributed by atoms with Gasteiger partial charge in [-0.05, 0) is 98.2 Å². The van der Waals surface area contributed by atoms with E-state index in [4.69, 9.17) is 0 Å². The first-order valence-electron chi connectivity index (χ1n) is 10.2. The molecular formula is C21H36O2. The van der Waals surface area contributed by atoms with Gasteiger partial charge in [-0.2, -0.15) is 0 Å². The lowest BCUT2D eigenvalue weighted by Gasteiger charge is -2.63. The van der Waals surface area contributed by atoms with Crippen LogP contribution in [-0.2, 0) is 0 Å². The van der Waals surface area contributed by atoms with Crippen molar-refractivity contribution < 1.29 is 10.2 Å². The van der Waals surface area contributed by atoms with Crippen molar-refractivity contribution in [2.75, 3.05) is 0 Å². The number of hydrogen-bond donors (Lipinski definition) is 2. The fourth-order valence-corrected chi connectivity index (χ4v) is 7.74. The number of aliphatic hydroxyl groups excluding tert-OH is 2. The molecule has 4 aliphatic carbocycles. The molecule has 0 aromatic heterocycles. The highest BCUT2D eigenvalue weighted by molar-refractivity contribution is 5.09. The molecule has 132 valence electrons. The Balaban J connectivity index is 1.62. The summed E-state index contributed by atoms with van der Waals surface area (Å²) in [5, 5.41) is 21.0. The second-order valence-electron chi connectivity index (χ2n) is 10.1. The molecule has 0 amide bonds. The Morgan fingerprint density at radius 2 is 1.48 bits per heavy atom. The topological polar surface area (TPSA) is 40.5 Å². The summed E-state index contributed by atoms with van der Waals surface area (Å²) in [5.41, 5.74) is 0.619. The molecule has 23 heavy (non-hydrogen) atoms. The molecule has 9 unspecified atom stereocenters. The lowest BCUT2D eigenvalue weighted by molar-refractivity contribution is -0.177. The molecule has 4 aliphatic rings. The van der Waals surface area contributed by atoms with Gasteiger partial charge in [0.05, 0.1) is 12.2 Å². The summed E-state index contributed by atoms with van der Waals surface area (Å²) in [6.45, 7) is 7.19. The first-order valence-corrected chi connectivity index (χ1v) is 10.2. The van der Waals surface area contributed by atoms with Crippen LogP contribution in [0, 0.1) is 40.4 Å². The molecule has 0 spiro atoms. The van der Waals surface area contributed by atoms with Crippen LogP contribution in [0.15, 0.2) is 0 Å². The smallest absolute Gasteiger partial charge is 0.0622 e. The van der Waals surface area contributed by atoms with Gasteiger partial charge < -0.3 is 10.2 Å². The Bertz CT molecular complexity index is 463. The second kappa shape index (κ2) is 5.46. The molecule has 4 fully saturated rings. The molecular weight excluding hydrogens is 284 g/mol. The van der Waals surface area contributed by atoms with Crippen LogP contribution in [-0.4, -0.2) is 22.4 Å². The van der Waals surface area contributed by atoms with Crippen molar-refractivity contribution in [3.63, 3.8) is 0 Å². The van der Waals surface area contributed by atoms with E-state index in [2.05, 4.69) is 20.8 Å². The quantitative estimate of drug-likeness (QED) is 0.695. The average molecular weight is 321 g/mol. The standard InChI is InChI=1S/C21H36O2/c1-13-4-7-17-16-6-5-14-12-15(22)8-10-20(14,2)18(16)9-11-21(17,3)19(13)23/h13-19,22-23H,4-12H2,1-3H3. The summed E-state index contributed by atoms with van der Waals surface area (Å²) in [6.07, 6.45) is 10.9. The molecule has 0 saturated heterocycles. The molecule has 4 rings (SSSR count). The van der Waals surface area contributed by atoms with Gasteiger partial charge in [0.25, 0.3) is 0 Å². The lowest BCUT2D eigenvalue weighted by atomic mass is 9.42. The largest absolute Gasteiger partial charge is 0.393 e. The van der Waals surface area contributed by atoms with E-state index >= 15 is 0 Å². The summed E-state index contributed by atoms with van der Waals surface area (Å²) < 4.78 is 0. The highest BCUT2D eigenvalue weighted by Gasteiger charge is 2.59. The van der Waals surface area contributed by atoms with E-state index in [1.165, 1.54) is 44.9 Å². The lowest BCUT2D eigenvalue weighted by Crippen LogP contribution is -2.58. The van der Waals surface area contributed by atoms with Crippen LogP contribution >= 0.6 is 0 Å². The Hall–Kier alpha value is -0.0800. The van der Waals surface area contributed by atoms with E-state index in [-0.39, 0.29) is 17.6 Å². The van der Waals surface area contributed by atoms with Crippen LogP contribution in [0.4, 0.5) is 0 Å². The van der Waals surface area contributed by atoms with E-state index in [9.17, 15) is 10.2 Å². The number of rotatable bonds is 0. The van der Waals surface area contributed by atoms with Gasteiger partial charge in [-0.25, -0.2) is 0 Å². The van der Waals surface area contributed by atoms with Crippen molar-refractivity contribution in [3.05, 3.63) is 0 Å². The van der Waals surface area contributed by atoms with Crippen LogP contribution in [0.25, 0.3) is 0 Å². The van der Waals surface area contributed by atoms with Gasteiger partial charge >= 0.3 is 0 Å². The Kier molecular flexibility index (Phi) is 3.89. The molecule has 0 bridgehead atoms. The monoisotopic (exact) mass is 320 g/mol. The van der Waals surface area contributed by atoms with E-state index < -0.39 is 0 Å². The molecule has 0 heterocycles. The van der Waals surface area contributed by atoms with Gasteiger partial charge in [0, 0.05) is 0 Å². The molecule has 4 saturated carbocycles. The maximum absolute atomic E-state index is 10.9. The van der Waals surface area contributed by atoms with Crippen LogP contribution in [0.2, 0.25) is 0 Å².